The lowest BCUT2D eigenvalue weighted by Gasteiger charge is -2.19. The Morgan fingerprint density at radius 2 is 1.82 bits per heavy atom. The summed E-state index contributed by atoms with van der Waals surface area (Å²) < 4.78 is 10.5. The van der Waals surface area contributed by atoms with Gasteiger partial charge in [0.15, 0.2) is 0 Å². The van der Waals surface area contributed by atoms with Crippen LogP contribution < -0.4 is 0 Å². The van der Waals surface area contributed by atoms with Gasteiger partial charge < -0.3 is 5.11 Å². The second-order valence-corrected chi connectivity index (χ2v) is 4.25. The van der Waals surface area contributed by atoms with Crippen LogP contribution in [0.3, 0.4) is 0 Å². The lowest BCUT2D eigenvalue weighted by Crippen LogP contribution is -2.19. The average molecular weight is 177 g/mol. The number of hydrogen-bond donors (Lipinski definition) is 2. The second kappa shape index (κ2) is 4.15. The molecule has 1 aliphatic carbocycles. The first-order valence-electron chi connectivity index (χ1n) is 4.05. The Morgan fingerprint density at radius 3 is 2.27 bits per heavy atom. The molecule has 0 aromatic carbocycles. The summed E-state index contributed by atoms with van der Waals surface area (Å²) in [7, 11) is -2.38. The van der Waals surface area contributed by atoms with Gasteiger partial charge in [0, 0.05) is 5.92 Å². The van der Waals surface area contributed by atoms with Crippen LogP contribution in [0.2, 0.25) is 0 Å². The first-order chi connectivity index (χ1) is 5.22. The Kier molecular flexibility index (Phi) is 3.44. The predicted molar refractivity (Wildman–Crippen MR) is 42.4 cm³/mol. The highest BCUT2D eigenvalue weighted by Crippen LogP contribution is 2.35. The van der Waals surface area contributed by atoms with Crippen LogP contribution in [-0.4, -0.2) is 15.8 Å². The van der Waals surface area contributed by atoms with Gasteiger partial charge >= 0.3 is 8.03 Å². The molecule has 1 rings (SSSR count). The van der Waals surface area contributed by atoms with Crippen molar-refractivity contribution in [3.8, 4) is 0 Å². The molecule has 0 spiro atoms. The summed E-state index contributed by atoms with van der Waals surface area (Å²) in [5.41, 5.74) is 0. The van der Waals surface area contributed by atoms with E-state index in [1.165, 1.54) is 6.42 Å². The first kappa shape index (κ1) is 9.11. The maximum Gasteiger partial charge on any atom is 0.537 e. The van der Waals surface area contributed by atoms with E-state index in [1.54, 1.807) is 0 Å². The van der Waals surface area contributed by atoms with E-state index in [4.69, 9.17) is 4.89 Å². The van der Waals surface area contributed by atoms with Crippen molar-refractivity contribution in [2.45, 2.75) is 37.9 Å². The van der Waals surface area contributed by atoms with Crippen LogP contribution in [0.25, 0.3) is 0 Å². The molecule has 2 atom stereocenters. The van der Waals surface area contributed by atoms with Crippen LogP contribution in [0.5, 0.6) is 0 Å². The molecule has 3 nitrogen and oxygen atoms in total. The van der Waals surface area contributed by atoms with E-state index < -0.39 is 13.9 Å². The molecule has 11 heavy (non-hydrogen) atoms. The molecular weight excluding hydrogens is 163 g/mol. The molecular formula is C7H14O3P+. The lowest BCUT2D eigenvalue weighted by atomic mass is 9.90. The van der Waals surface area contributed by atoms with Gasteiger partial charge in [-0.15, -0.1) is 0 Å². The van der Waals surface area contributed by atoms with Crippen molar-refractivity contribution in [3.63, 3.8) is 0 Å². The SMILES string of the molecule is O=[P+](O)C(O)C1CCCCC1. The fourth-order valence-corrected chi connectivity index (χ4v) is 2.27. The number of rotatable bonds is 2. The highest BCUT2D eigenvalue weighted by Gasteiger charge is 2.35. The van der Waals surface area contributed by atoms with Gasteiger partial charge in [0.2, 0.25) is 0 Å². The van der Waals surface area contributed by atoms with E-state index in [0.29, 0.717) is 0 Å². The zero-order valence-electron chi connectivity index (χ0n) is 6.44. The number of hydrogen-bond acceptors (Lipinski definition) is 2. The molecule has 0 saturated heterocycles. The predicted octanol–water partition coefficient (Wildman–Crippen LogP) is 1.62. The van der Waals surface area contributed by atoms with E-state index in [-0.39, 0.29) is 5.92 Å². The van der Waals surface area contributed by atoms with Gasteiger partial charge in [0.05, 0.1) is 0 Å². The first-order valence-corrected chi connectivity index (χ1v) is 5.33. The monoisotopic (exact) mass is 177 g/mol. The van der Waals surface area contributed by atoms with Crippen LogP contribution >= 0.6 is 8.03 Å². The quantitative estimate of drug-likeness (QED) is 0.630. The van der Waals surface area contributed by atoms with E-state index in [9.17, 15) is 9.67 Å². The molecule has 0 aromatic rings. The average Bonchev–Trinajstić information content (AvgIpc) is 2.05. The third-order valence-corrected chi connectivity index (χ3v) is 3.17. The Bertz CT molecular complexity index is 143. The maximum absolute atomic E-state index is 10.5. The Hall–Kier alpha value is 0.0200. The molecule has 0 aliphatic heterocycles. The van der Waals surface area contributed by atoms with Crippen molar-refractivity contribution in [3.05, 3.63) is 0 Å². The smallest absolute Gasteiger partial charge is 0.348 e. The summed E-state index contributed by atoms with van der Waals surface area (Å²) in [5.74, 6) is -0.914. The standard InChI is InChI=1S/C7H13O3P/c8-7(11(9)10)6-4-2-1-3-5-6/h6-8H,1-5H2/p+1. The van der Waals surface area contributed by atoms with Gasteiger partial charge in [-0.25, -0.2) is 0 Å². The van der Waals surface area contributed by atoms with E-state index in [1.807, 2.05) is 0 Å². The topological polar surface area (TPSA) is 57.5 Å². The maximum atomic E-state index is 10.5. The minimum absolute atomic E-state index is 0.0670. The molecule has 1 saturated carbocycles. The molecule has 4 heteroatoms. The third-order valence-electron chi connectivity index (χ3n) is 2.30. The van der Waals surface area contributed by atoms with Gasteiger partial charge in [-0.05, 0) is 17.4 Å². The molecule has 0 amide bonds. The van der Waals surface area contributed by atoms with Crippen molar-refractivity contribution in [1.82, 2.24) is 0 Å². The van der Waals surface area contributed by atoms with E-state index >= 15 is 0 Å². The van der Waals surface area contributed by atoms with Gasteiger partial charge in [-0.3, -0.25) is 0 Å². The molecule has 0 aromatic heterocycles. The molecule has 2 unspecified atom stereocenters. The van der Waals surface area contributed by atoms with Crippen LogP contribution in [0.1, 0.15) is 32.1 Å². The fourth-order valence-electron chi connectivity index (χ4n) is 1.61. The van der Waals surface area contributed by atoms with Gasteiger partial charge in [-0.2, -0.15) is 4.89 Å². The van der Waals surface area contributed by atoms with Crippen molar-refractivity contribution in [1.29, 1.82) is 0 Å². The number of aliphatic hydroxyl groups excluding tert-OH is 1. The summed E-state index contributed by atoms with van der Waals surface area (Å²) in [6, 6.07) is 0. The molecule has 0 bridgehead atoms. The highest BCUT2D eigenvalue weighted by atomic mass is 31.1. The Balaban J connectivity index is 2.38. The molecule has 64 valence electrons. The molecule has 0 heterocycles. The van der Waals surface area contributed by atoms with Crippen molar-refractivity contribution < 1.29 is 14.6 Å². The lowest BCUT2D eigenvalue weighted by molar-refractivity contribution is 0.142. The minimum atomic E-state index is -2.38. The summed E-state index contributed by atoms with van der Waals surface area (Å²) in [6.45, 7) is 0. The zero-order chi connectivity index (χ0) is 8.27. The molecule has 2 N–H and O–H groups in total. The number of aliphatic hydroxyl groups is 1. The van der Waals surface area contributed by atoms with Gasteiger partial charge in [0.1, 0.15) is 0 Å². The van der Waals surface area contributed by atoms with Gasteiger partial charge in [-0.1, -0.05) is 19.3 Å². The van der Waals surface area contributed by atoms with Crippen LogP contribution in [0.15, 0.2) is 0 Å². The molecule has 1 fully saturated rings. The van der Waals surface area contributed by atoms with E-state index in [2.05, 4.69) is 0 Å². The zero-order valence-corrected chi connectivity index (χ0v) is 7.33. The largest absolute Gasteiger partial charge is 0.537 e. The van der Waals surface area contributed by atoms with Crippen molar-refractivity contribution in [2.75, 3.05) is 0 Å². The van der Waals surface area contributed by atoms with E-state index in [0.717, 1.165) is 25.7 Å². The second-order valence-electron chi connectivity index (χ2n) is 3.11. The summed E-state index contributed by atoms with van der Waals surface area (Å²) in [4.78, 5) is 8.63. The van der Waals surface area contributed by atoms with Crippen molar-refractivity contribution >= 4 is 8.03 Å². The summed E-state index contributed by atoms with van der Waals surface area (Å²) in [5, 5.41) is 9.22. The molecule has 1 aliphatic rings. The summed E-state index contributed by atoms with van der Waals surface area (Å²) >= 11 is 0. The van der Waals surface area contributed by atoms with Crippen LogP contribution in [-0.2, 0) is 4.57 Å². The van der Waals surface area contributed by atoms with Crippen LogP contribution in [0.4, 0.5) is 0 Å². The van der Waals surface area contributed by atoms with Gasteiger partial charge in [0.25, 0.3) is 5.85 Å². The third kappa shape index (κ3) is 2.51. The van der Waals surface area contributed by atoms with Crippen molar-refractivity contribution in [2.24, 2.45) is 5.92 Å². The fraction of sp³-hybridized carbons (Fsp3) is 1.00. The minimum Gasteiger partial charge on any atom is -0.348 e. The van der Waals surface area contributed by atoms with Crippen LogP contribution in [0, 0.1) is 5.92 Å². The normalized spacial score (nSPS) is 24.7. The Labute approximate surface area is 67.3 Å². The Morgan fingerprint density at radius 1 is 1.27 bits per heavy atom. The summed E-state index contributed by atoms with van der Waals surface area (Å²) in [6.07, 6.45) is 5.19. The molecule has 0 radical (unpaired) electrons. The highest BCUT2D eigenvalue weighted by molar-refractivity contribution is 7.38.